The lowest BCUT2D eigenvalue weighted by Crippen LogP contribution is -1.90. The van der Waals surface area contributed by atoms with Crippen LogP contribution in [0.2, 0.25) is 10.2 Å². The second kappa shape index (κ2) is 5.25. The number of hydrogen-bond donors (Lipinski definition) is 0. The predicted octanol–water partition coefficient (Wildman–Crippen LogP) is 5.25. The third kappa shape index (κ3) is 3.12. The molecular weight excluding hydrogens is 325 g/mol. The summed E-state index contributed by atoms with van der Waals surface area (Å²) in [6.45, 7) is 1.89. The molecule has 0 aliphatic rings. The summed E-state index contributed by atoms with van der Waals surface area (Å²) >= 11 is 15.2. The van der Waals surface area contributed by atoms with E-state index in [1.54, 1.807) is 24.4 Å². The minimum atomic E-state index is 0.388. The van der Waals surface area contributed by atoms with E-state index < -0.39 is 0 Å². The molecule has 1 aromatic heterocycles. The van der Waals surface area contributed by atoms with Crippen molar-refractivity contribution in [1.82, 2.24) is 4.98 Å². The highest BCUT2D eigenvalue weighted by atomic mass is 79.9. The van der Waals surface area contributed by atoms with E-state index in [-0.39, 0.29) is 0 Å². The van der Waals surface area contributed by atoms with E-state index in [0.717, 1.165) is 10.0 Å². The van der Waals surface area contributed by atoms with Crippen molar-refractivity contribution in [3.05, 3.63) is 50.7 Å². The predicted molar refractivity (Wildman–Crippen MR) is 73.2 cm³/mol. The largest absolute Gasteiger partial charge is 0.455 e. The first kappa shape index (κ1) is 12.7. The van der Waals surface area contributed by atoms with Crippen LogP contribution in [0.1, 0.15) is 5.56 Å². The number of pyridine rings is 1. The first-order chi connectivity index (χ1) is 8.06. The molecule has 2 rings (SSSR count). The number of rotatable bonds is 2. The van der Waals surface area contributed by atoms with Gasteiger partial charge in [0.1, 0.15) is 16.7 Å². The number of nitrogens with zero attached hydrogens (tertiary/aromatic N) is 1. The number of aromatic nitrogens is 1. The van der Waals surface area contributed by atoms with Gasteiger partial charge in [0.2, 0.25) is 0 Å². The summed E-state index contributed by atoms with van der Waals surface area (Å²) < 4.78 is 6.60. The van der Waals surface area contributed by atoms with Crippen molar-refractivity contribution in [3.63, 3.8) is 0 Å². The number of hydrogen-bond acceptors (Lipinski definition) is 2. The molecule has 1 aromatic carbocycles. The Morgan fingerprint density at radius 2 is 1.94 bits per heavy atom. The second-order valence-electron chi connectivity index (χ2n) is 3.45. The Morgan fingerprint density at radius 1 is 1.18 bits per heavy atom. The summed E-state index contributed by atoms with van der Waals surface area (Å²) in [6.07, 6.45) is 1.66. The maximum Gasteiger partial charge on any atom is 0.146 e. The lowest BCUT2D eigenvalue weighted by Gasteiger charge is -2.10. The summed E-state index contributed by atoms with van der Waals surface area (Å²) in [6, 6.07) is 7.09. The number of aryl methyl sites for hydroxylation is 1. The van der Waals surface area contributed by atoms with Gasteiger partial charge in [-0.2, -0.15) is 0 Å². The van der Waals surface area contributed by atoms with Crippen LogP contribution in [-0.2, 0) is 0 Å². The average molecular weight is 333 g/mol. The van der Waals surface area contributed by atoms with Crippen LogP contribution < -0.4 is 4.74 Å². The van der Waals surface area contributed by atoms with E-state index in [2.05, 4.69) is 20.9 Å². The lowest BCUT2D eigenvalue weighted by molar-refractivity contribution is 0.478. The van der Waals surface area contributed by atoms with Crippen molar-refractivity contribution in [2.45, 2.75) is 6.92 Å². The van der Waals surface area contributed by atoms with Crippen molar-refractivity contribution >= 4 is 39.1 Å². The molecule has 1 heterocycles. The van der Waals surface area contributed by atoms with Crippen LogP contribution in [0.25, 0.3) is 0 Å². The minimum absolute atomic E-state index is 0.388. The smallest absolute Gasteiger partial charge is 0.146 e. The van der Waals surface area contributed by atoms with Gasteiger partial charge in [-0.1, -0.05) is 39.1 Å². The molecule has 2 nitrogen and oxygen atoms in total. The van der Waals surface area contributed by atoms with Gasteiger partial charge in [0.25, 0.3) is 0 Å². The Labute approximate surface area is 118 Å². The highest BCUT2D eigenvalue weighted by Gasteiger charge is 2.07. The van der Waals surface area contributed by atoms with Crippen molar-refractivity contribution in [2.24, 2.45) is 0 Å². The van der Waals surface area contributed by atoms with E-state index in [0.29, 0.717) is 21.7 Å². The number of benzene rings is 1. The van der Waals surface area contributed by atoms with E-state index in [1.807, 2.05) is 13.0 Å². The summed E-state index contributed by atoms with van der Waals surface area (Å²) in [4.78, 5) is 3.96. The molecule has 0 spiro atoms. The van der Waals surface area contributed by atoms with Gasteiger partial charge in [0.05, 0.1) is 5.02 Å². The maximum absolute atomic E-state index is 6.07. The van der Waals surface area contributed by atoms with Crippen LogP contribution in [0.15, 0.2) is 34.9 Å². The minimum Gasteiger partial charge on any atom is -0.455 e. The Kier molecular flexibility index (Phi) is 3.92. The van der Waals surface area contributed by atoms with Crippen LogP contribution in [0.5, 0.6) is 11.5 Å². The Balaban J connectivity index is 2.34. The van der Waals surface area contributed by atoms with Gasteiger partial charge in [-0.05, 0) is 25.1 Å². The van der Waals surface area contributed by atoms with E-state index in [1.165, 1.54) is 0 Å². The van der Waals surface area contributed by atoms with Crippen LogP contribution in [0, 0.1) is 6.92 Å². The topological polar surface area (TPSA) is 22.1 Å². The summed E-state index contributed by atoms with van der Waals surface area (Å²) in [5.74, 6) is 1.23. The molecular formula is C12H8BrCl2NO. The fourth-order valence-corrected chi connectivity index (χ4v) is 2.13. The normalized spacial score (nSPS) is 10.4. The maximum atomic E-state index is 6.07. The molecule has 0 bridgehead atoms. The van der Waals surface area contributed by atoms with Crippen molar-refractivity contribution in [2.75, 3.05) is 0 Å². The van der Waals surface area contributed by atoms with Gasteiger partial charge >= 0.3 is 0 Å². The Bertz CT molecular complexity index is 560. The summed E-state index contributed by atoms with van der Waals surface area (Å²) in [5, 5.41) is 0.922. The van der Waals surface area contributed by atoms with Gasteiger partial charge < -0.3 is 4.74 Å². The van der Waals surface area contributed by atoms with Gasteiger partial charge in [0, 0.05) is 22.3 Å². The van der Waals surface area contributed by atoms with Gasteiger partial charge in [-0.3, -0.25) is 0 Å². The fourth-order valence-electron chi connectivity index (χ4n) is 1.27. The third-order valence-electron chi connectivity index (χ3n) is 2.13. The van der Waals surface area contributed by atoms with Crippen molar-refractivity contribution < 1.29 is 4.74 Å². The van der Waals surface area contributed by atoms with Crippen LogP contribution in [-0.4, -0.2) is 4.98 Å². The van der Waals surface area contributed by atoms with Crippen molar-refractivity contribution in [3.8, 4) is 11.5 Å². The molecule has 2 aromatic rings. The molecule has 0 saturated carbocycles. The molecule has 5 heteroatoms. The van der Waals surface area contributed by atoms with Gasteiger partial charge in [-0.25, -0.2) is 4.98 Å². The second-order valence-corrected chi connectivity index (χ2v) is 5.16. The molecule has 0 saturated heterocycles. The monoisotopic (exact) mass is 331 g/mol. The zero-order chi connectivity index (χ0) is 12.4. The number of halogens is 3. The molecule has 0 amide bonds. The summed E-state index contributed by atoms with van der Waals surface area (Å²) in [5.41, 5.74) is 0.897. The molecule has 0 unspecified atom stereocenters. The molecule has 0 radical (unpaired) electrons. The van der Waals surface area contributed by atoms with Crippen molar-refractivity contribution in [1.29, 1.82) is 0 Å². The third-order valence-corrected chi connectivity index (χ3v) is 3.13. The van der Waals surface area contributed by atoms with E-state index >= 15 is 0 Å². The fraction of sp³-hybridized carbons (Fsp3) is 0.0833. The molecule has 0 N–H and O–H groups in total. The van der Waals surface area contributed by atoms with Gasteiger partial charge in [0.15, 0.2) is 0 Å². The molecule has 0 fully saturated rings. The SMILES string of the molecule is Cc1cnc(Cl)cc1Oc1ccc(Br)cc1Cl. The van der Waals surface area contributed by atoms with Crippen LogP contribution >= 0.6 is 39.1 Å². The van der Waals surface area contributed by atoms with Crippen LogP contribution in [0.4, 0.5) is 0 Å². The summed E-state index contributed by atoms with van der Waals surface area (Å²) in [7, 11) is 0. The highest BCUT2D eigenvalue weighted by molar-refractivity contribution is 9.10. The molecule has 88 valence electrons. The molecule has 0 aliphatic heterocycles. The quantitative estimate of drug-likeness (QED) is 0.700. The van der Waals surface area contributed by atoms with Gasteiger partial charge in [-0.15, -0.1) is 0 Å². The zero-order valence-electron chi connectivity index (χ0n) is 8.88. The van der Waals surface area contributed by atoms with E-state index in [4.69, 9.17) is 27.9 Å². The Morgan fingerprint density at radius 3 is 2.65 bits per heavy atom. The number of ether oxygens (including phenoxy) is 1. The van der Waals surface area contributed by atoms with Crippen LogP contribution in [0.3, 0.4) is 0 Å². The highest BCUT2D eigenvalue weighted by Crippen LogP contribution is 2.33. The van der Waals surface area contributed by atoms with E-state index in [9.17, 15) is 0 Å². The first-order valence-corrected chi connectivity index (χ1v) is 6.36. The molecule has 0 aliphatic carbocycles. The molecule has 0 atom stereocenters. The molecule has 17 heavy (non-hydrogen) atoms. The average Bonchev–Trinajstić information content (AvgIpc) is 2.27. The zero-order valence-corrected chi connectivity index (χ0v) is 12.0. The standard InChI is InChI=1S/C12H8BrCl2NO/c1-7-6-16-12(15)5-11(7)17-10-3-2-8(13)4-9(10)14/h2-6H,1H3. The Hall–Kier alpha value is -0.770. The lowest BCUT2D eigenvalue weighted by atomic mass is 10.3. The first-order valence-electron chi connectivity index (χ1n) is 4.81.